The van der Waals surface area contributed by atoms with E-state index in [9.17, 15) is 0 Å². The Morgan fingerprint density at radius 3 is 2.72 bits per heavy atom. The van der Waals surface area contributed by atoms with Gasteiger partial charge in [-0.2, -0.15) is 0 Å². The lowest BCUT2D eigenvalue weighted by Gasteiger charge is -2.01. The smallest absolute Gasteiger partial charge is 0.228 e. The Morgan fingerprint density at radius 1 is 1.17 bits per heavy atom. The number of aromatic nitrogens is 1. The number of halogens is 2. The molecule has 2 aromatic carbocycles. The van der Waals surface area contributed by atoms with Crippen LogP contribution in [-0.2, 0) is 5.33 Å². The third-order valence-corrected chi connectivity index (χ3v) is 3.67. The molecule has 3 aromatic rings. The topological polar surface area (TPSA) is 26.0 Å². The second kappa shape index (κ2) is 4.75. The molecule has 4 heteroatoms. The summed E-state index contributed by atoms with van der Waals surface area (Å²) >= 11 is 9.65. The third kappa shape index (κ3) is 2.04. The normalized spacial score (nSPS) is 11.0. The molecule has 0 aliphatic rings. The van der Waals surface area contributed by atoms with E-state index in [-0.39, 0.29) is 0 Å². The lowest BCUT2D eigenvalue weighted by atomic mass is 10.1. The van der Waals surface area contributed by atoms with E-state index in [1.165, 1.54) is 0 Å². The van der Waals surface area contributed by atoms with Crippen LogP contribution in [0.1, 0.15) is 5.56 Å². The Labute approximate surface area is 118 Å². The summed E-state index contributed by atoms with van der Waals surface area (Å²) in [4.78, 5) is 4.44. The standard InChI is InChI=1S/C14H9BrClNO/c15-8-9-5-6-10(11(16)7-9)14-17-12-3-1-2-4-13(12)18-14/h1-7H,8H2. The first kappa shape index (κ1) is 11.8. The molecular weight excluding hydrogens is 314 g/mol. The van der Waals surface area contributed by atoms with Gasteiger partial charge in [-0.1, -0.05) is 45.7 Å². The van der Waals surface area contributed by atoms with Crippen molar-refractivity contribution in [3.63, 3.8) is 0 Å². The predicted molar refractivity (Wildman–Crippen MR) is 77.1 cm³/mol. The first-order valence-corrected chi connectivity index (χ1v) is 6.98. The van der Waals surface area contributed by atoms with E-state index in [0.29, 0.717) is 10.9 Å². The Hall–Kier alpha value is -1.32. The highest BCUT2D eigenvalue weighted by Gasteiger charge is 2.11. The molecule has 0 N–H and O–H groups in total. The number of hydrogen-bond acceptors (Lipinski definition) is 2. The zero-order chi connectivity index (χ0) is 12.5. The summed E-state index contributed by atoms with van der Waals surface area (Å²) < 4.78 is 5.70. The minimum absolute atomic E-state index is 0.558. The van der Waals surface area contributed by atoms with E-state index >= 15 is 0 Å². The maximum absolute atomic E-state index is 6.25. The molecule has 0 fully saturated rings. The molecule has 0 aliphatic heterocycles. The van der Waals surface area contributed by atoms with Crippen LogP contribution in [0.25, 0.3) is 22.6 Å². The van der Waals surface area contributed by atoms with Crippen molar-refractivity contribution < 1.29 is 4.42 Å². The fraction of sp³-hybridized carbons (Fsp3) is 0.0714. The van der Waals surface area contributed by atoms with E-state index in [0.717, 1.165) is 27.6 Å². The van der Waals surface area contributed by atoms with Crippen molar-refractivity contribution in [1.29, 1.82) is 0 Å². The lowest BCUT2D eigenvalue weighted by Crippen LogP contribution is -1.82. The van der Waals surface area contributed by atoms with Crippen LogP contribution in [0, 0.1) is 0 Å². The maximum atomic E-state index is 6.25. The first-order chi connectivity index (χ1) is 8.78. The molecule has 0 bridgehead atoms. The molecular formula is C14H9BrClNO. The van der Waals surface area contributed by atoms with Gasteiger partial charge in [-0.15, -0.1) is 0 Å². The van der Waals surface area contributed by atoms with Crippen LogP contribution >= 0.6 is 27.5 Å². The Bertz CT molecular complexity index is 675. The van der Waals surface area contributed by atoms with Crippen molar-refractivity contribution in [2.45, 2.75) is 5.33 Å². The molecule has 18 heavy (non-hydrogen) atoms. The molecule has 3 rings (SSSR count). The predicted octanol–water partition coefficient (Wildman–Crippen LogP) is 5.04. The summed E-state index contributed by atoms with van der Waals surface area (Å²) in [6.07, 6.45) is 0. The van der Waals surface area contributed by atoms with Gasteiger partial charge in [0.1, 0.15) is 5.52 Å². The fourth-order valence-electron chi connectivity index (χ4n) is 1.80. The van der Waals surface area contributed by atoms with Gasteiger partial charge < -0.3 is 4.42 Å². The lowest BCUT2D eigenvalue weighted by molar-refractivity contribution is 0.620. The van der Waals surface area contributed by atoms with Crippen LogP contribution in [0.5, 0.6) is 0 Å². The molecule has 90 valence electrons. The average molecular weight is 323 g/mol. The Morgan fingerprint density at radius 2 is 2.00 bits per heavy atom. The summed E-state index contributed by atoms with van der Waals surface area (Å²) in [5.41, 5.74) is 3.55. The number of benzene rings is 2. The molecule has 0 atom stereocenters. The molecule has 1 heterocycles. The van der Waals surface area contributed by atoms with Gasteiger partial charge in [0.25, 0.3) is 0 Å². The first-order valence-electron chi connectivity index (χ1n) is 5.48. The van der Waals surface area contributed by atoms with E-state index in [4.69, 9.17) is 16.0 Å². The van der Waals surface area contributed by atoms with E-state index in [1.807, 2.05) is 42.5 Å². The number of para-hydroxylation sites is 2. The van der Waals surface area contributed by atoms with Gasteiger partial charge in [0.05, 0.1) is 10.6 Å². The van der Waals surface area contributed by atoms with E-state index < -0.39 is 0 Å². The van der Waals surface area contributed by atoms with Crippen LogP contribution in [-0.4, -0.2) is 4.98 Å². The SMILES string of the molecule is Clc1cc(CBr)ccc1-c1nc2ccccc2o1. The van der Waals surface area contributed by atoms with Crippen LogP contribution in [0.2, 0.25) is 5.02 Å². The van der Waals surface area contributed by atoms with Crippen molar-refractivity contribution in [2.75, 3.05) is 0 Å². The highest BCUT2D eigenvalue weighted by molar-refractivity contribution is 9.08. The Balaban J connectivity index is 2.14. The van der Waals surface area contributed by atoms with Gasteiger partial charge in [0.15, 0.2) is 5.58 Å². The molecule has 0 radical (unpaired) electrons. The molecule has 2 nitrogen and oxygen atoms in total. The van der Waals surface area contributed by atoms with Crippen molar-refractivity contribution in [1.82, 2.24) is 4.98 Å². The van der Waals surface area contributed by atoms with Crippen LogP contribution in [0.3, 0.4) is 0 Å². The van der Waals surface area contributed by atoms with Gasteiger partial charge in [-0.05, 0) is 29.8 Å². The van der Waals surface area contributed by atoms with Gasteiger partial charge in [0, 0.05) is 5.33 Å². The molecule has 0 saturated heterocycles. The van der Waals surface area contributed by atoms with Crippen LogP contribution in [0.4, 0.5) is 0 Å². The van der Waals surface area contributed by atoms with Crippen LogP contribution < -0.4 is 0 Å². The summed E-state index contributed by atoms with van der Waals surface area (Å²) in [7, 11) is 0. The highest BCUT2D eigenvalue weighted by atomic mass is 79.9. The zero-order valence-electron chi connectivity index (χ0n) is 9.36. The number of rotatable bonds is 2. The molecule has 1 aromatic heterocycles. The van der Waals surface area contributed by atoms with Crippen molar-refractivity contribution in [3.05, 3.63) is 53.1 Å². The molecule has 0 saturated carbocycles. The van der Waals surface area contributed by atoms with Crippen molar-refractivity contribution >= 4 is 38.6 Å². The molecule has 0 spiro atoms. The minimum atomic E-state index is 0.558. The van der Waals surface area contributed by atoms with Gasteiger partial charge >= 0.3 is 0 Å². The Kier molecular flexibility index (Phi) is 3.10. The number of hydrogen-bond donors (Lipinski definition) is 0. The van der Waals surface area contributed by atoms with E-state index in [2.05, 4.69) is 20.9 Å². The number of nitrogens with zero attached hydrogens (tertiary/aromatic N) is 1. The van der Waals surface area contributed by atoms with E-state index in [1.54, 1.807) is 0 Å². The van der Waals surface area contributed by atoms with Gasteiger partial charge in [0.2, 0.25) is 5.89 Å². The number of alkyl halides is 1. The summed E-state index contributed by atoms with van der Waals surface area (Å²) in [6, 6.07) is 13.5. The monoisotopic (exact) mass is 321 g/mol. The van der Waals surface area contributed by atoms with Crippen molar-refractivity contribution in [3.8, 4) is 11.5 Å². The second-order valence-electron chi connectivity index (χ2n) is 3.93. The highest BCUT2D eigenvalue weighted by Crippen LogP contribution is 2.31. The third-order valence-electron chi connectivity index (χ3n) is 2.71. The van der Waals surface area contributed by atoms with Gasteiger partial charge in [-0.25, -0.2) is 4.98 Å². The van der Waals surface area contributed by atoms with Gasteiger partial charge in [-0.3, -0.25) is 0 Å². The summed E-state index contributed by atoms with van der Waals surface area (Å²) in [5, 5.41) is 1.43. The summed E-state index contributed by atoms with van der Waals surface area (Å²) in [5.74, 6) is 0.558. The summed E-state index contributed by atoms with van der Waals surface area (Å²) in [6.45, 7) is 0. The molecule has 0 aliphatic carbocycles. The second-order valence-corrected chi connectivity index (χ2v) is 4.90. The van der Waals surface area contributed by atoms with Crippen molar-refractivity contribution in [2.24, 2.45) is 0 Å². The number of fused-ring (bicyclic) bond motifs is 1. The molecule has 0 amide bonds. The maximum Gasteiger partial charge on any atom is 0.228 e. The fourth-order valence-corrected chi connectivity index (χ4v) is 2.44. The quantitative estimate of drug-likeness (QED) is 0.618. The van der Waals surface area contributed by atoms with Crippen LogP contribution in [0.15, 0.2) is 46.9 Å². The largest absolute Gasteiger partial charge is 0.436 e. The number of oxazole rings is 1. The molecule has 0 unspecified atom stereocenters. The minimum Gasteiger partial charge on any atom is -0.436 e. The zero-order valence-corrected chi connectivity index (χ0v) is 11.7. The average Bonchev–Trinajstić information content (AvgIpc) is 2.81.